The molecule has 2 rings (SSSR count). The Morgan fingerprint density at radius 1 is 1.09 bits per heavy atom. The van der Waals surface area contributed by atoms with E-state index in [4.69, 9.17) is 9.84 Å². The molecule has 2 aliphatic heterocycles. The Hall–Kier alpha value is -1.88. The largest absolute Gasteiger partial charge is 0.481 e. The van der Waals surface area contributed by atoms with Crippen molar-refractivity contribution in [2.24, 2.45) is 5.92 Å². The number of carbonyl (C=O) groups is 3. The van der Waals surface area contributed by atoms with Crippen LogP contribution in [0.25, 0.3) is 0 Å². The normalized spacial score (nSPS) is 23.0. The molecule has 2 aliphatic rings. The van der Waals surface area contributed by atoms with Crippen molar-refractivity contribution < 1.29 is 32.6 Å². The van der Waals surface area contributed by atoms with Gasteiger partial charge in [-0.15, -0.1) is 0 Å². The first-order chi connectivity index (χ1) is 15.3. The predicted molar refractivity (Wildman–Crippen MR) is 123 cm³/mol. The SMILES string of the molecule is C[C@H](CC(=O)O)NC(=O)CN1CCCC(CCC2CCN(C(=O)OC(C)(C)C)CC2)S1(=O)=O. The van der Waals surface area contributed by atoms with Gasteiger partial charge in [0.15, 0.2) is 0 Å². The Morgan fingerprint density at radius 2 is 1.73 bits per heavy atom. The van der Waals surface area contributed by atoms with Crippen molar-refractivity contribution in [2.75, 3.05) is 26.2 Å². The van der Waals surface area contributed by atoms with Gasteiger partial charge in [0.1, 0.15) is 5.60 Å². The first-order valence-electron chi connectivity index (χ1n) is 11.8. The molecule has 0 radical (unpaired) electrons. The maximum Gasteiger partial charge on any atom is 0.410 e. The van der Waals surface area contributed by atoms with E-state index in [-0.39, 0.29) is 19.1 Å². The number of carboxylic acids is 1. The van der Waals surface area contributed by atoms with Gasteiger partial charge < -0.3 is 20.1 Å². The number of sulfonamides is 1. The zero-order valence-corrected chi connectivity index (χ0v) is 21.0. The average Bonchev–Trinajstić information content (AvgIpc) is 2.67. The predicted octanol–water partition coefficient (Wildman–Crippen LogP) is 2.19. The molecule has 11 heteroatoms. The second-order valence-electron chi connectivity index (χ2n) is 10.2. The number of hydrogen-bond donors (Lipinski definition) is 2. The molecule has 2 heterocycles. The van der Waals surface area contributed by atoms with E-state index in [2.05, 4.69) is 5.32 Å². The van der Waals surface area contributed by atoms with Crippen molar-refractivity contribution in [1.82, 2.24) is 14.5 Å². The molecule has 2 amide bonds. The monoisotopic (exact) mass is 489 g/mol. The number of likely N-dealkylation sites (tertiary alicyclic amines) is 1. The molecule has 2 fully saturated rings. The van der Waals surface area contributed by atoms with Gasteiger partial charge in [0.25, 0.3) is 0 Å². The number of piperidine rings is 1. The lowest BCUT2D eigenvalue weighted by molar-refractivity contribution is -0.137. The summed E-state index contributed by atoms with van der Waals surface area (Å²) in [6, 6.07) is -0.565. The number of carboxylic acid groups (broad SMARTS) is 1. The minimum Gasteiger partial charge on any atom is -0.481 e. The lowest BCUT2D eigenvalue weighted by Crippen LogP contribution is -2.49. The highest BCUT2D eigenvalue weighted by Gasteiger charge is 2.37. The molecule has 0 aromatic heterocycles. The van der Waals surface area contributed by atoms with Crippen LogP contribution >= 0.6 is 0 Å². The molecule has 190 valence electrons. The number of amides is 2. The topological polar surface area (TPSA) is 133 Å². The molecular formula is C22H39N3O7S. The van der Waals surface area contributed by atoms with Crippen molar-refractivity contribution in [2.45, 2.75) is 89.5 Å². The summed E-state index contributed by atoms with van der Waals surface area (Å²) in [4.78, 5) is 36.9. The molecule has 0 aromatic carbocycles. The lowest BCUT2D eigenvalue weighted by atomic mass is 9.91. The second kappa shape index (κ2) is 11.5. The Labute approximate surface area is 197 Å². The van der Waals surface area contributed by atoms with Crippen LogP contribution in [0.3, 0.4) is 0 Å². The van der Waals surface area contributed by atoms with E-state index >= 15 is 0 Å². The molecule has 0 spiro atoms. The summed E-state index contributed by atoms with van der Waals surface area (Å²) >= 11 is 0. The smallest absolute Gasteiger partial charge is 0.410 e. The van der Waals surface area contributed by atoms with Gasteiger partial charge in [0, 0.05) is 25.7 Å². The van der Waals surface area contributed by atoms with Crippen molar-refractivity contribution in [3.05, 3.63) is 0 Å². The Balaban J connectivity index is 1.81. The first-order valence-corrected chi connectivity index (χ1v) is 13.3. The average molecular weight is 490 g/mol. The standard InChI is InChI=1S/C22H39N3O7S/c1-16(14-20(27)28)23-19(26)15-25-11-5-6-18(33(25,30)31)8-7-17-9-12-24(13-10-17)21(29)32-22(2,3)4/h16-18H,5-15H2,1-4H3,(H,23,26)(H,27,28)/t16-,18?/m1/s1. The Kier molecular flexibility index (Phi) is 9.54. The Morgan fingerprint density at radius 3 is 2.30 bits per heavy atom. The minimum absolute atomic E-state index is 0.214. The van der Waals surface area contributed by atoms with E-state index in [1.165, 1.54) is 4.31 Å². The third-order valence-corrected chi connectivity index (χ3v) is 8.43. The van der Waals surface area contributed by atoms with Gasteiger partial charge in [-0.3, -0.25) is 9.59 Å². The van der Waals surface area contributed by atoms with Crippen molar-refractivity contribution in [3.63, 3.8) is 0 Å². The first kappa shape index (κ1) is 27.4. The van der Waals surface area contributed by atoms with Gasteiger partial charge >= 0.3 is 12.1 Å². The molecule has 2 atom stereocenters. The molecule has 0 aliphatic carbocycles. The molecule has 10 nitrogen and oxygen atoms in total. The van der Waals surface area contributed by atoms with Crippen LogP contribution in [0, 0.1) is 5.92 Å². The van der Waals surface area contributed by atoms with Crippen LogP contribution in [-0.4, -0.2) is 83.8 Å². The van der Waals surface area contributed by atoms with Crippen LogP contribution in [0.1, 0.15) is 72.6 Å². The van der Waals surface area contributed by atoms with Gasteiger partial charge in [-0.05, 0) is 72.1 Å². The summed E-state index contributed by atoms with van der Waals surface area (Å²) in [7, 11) is -3.59. The minimum atomic E-state index is -3.59. The van der Waals surface area contributed by atoms with Crippen molar-refractivity contribution in [3.8, 4) is 0 Å². The van der Waals surface area contributed by atoms with E-state index in [0.29, 0.717) is 44.8 Å². The van der Waals surface area contributed by atoms with Crippen LogP contribution in [0.4, 0.5) is 4.79 Å². The molecule has 2 N–H and O–H groups in total. The van der Waals surface area contributed by atoms with Gasteiger partial charge in [-0.2, -0.15) is 4.31 Å². The summed E-state index contributed by atoms with van der Waals surface area (Å²) in [6.07, 6.45) is 3.69. The molecule has 0 saturated carbocycles. The molecule has 2 saturated heterocycles. The number of nitrogens with one attached hydrogen (secondary N) is 1. The molecule has 0 bridgehead atoms. The van der Waals surface area contributed by atoms with Crippen LogP contribution in [-0.2, 0) is 24.3 Å². The molecule has 0 aromatic rings. The molecule has 1 unspecified atom stereocenters. The maximum atomic E-state index is 13.0. The van der Waals surface area contributed by atoms with Crippen molar-refractivity contribution >= 4 is 28.0 Å². The quantitative estimate of drug-likeness (QED) is 0.534. The van der Waals surface area contributed by atoms with Crippen LogP contribution in [0.15, 0.2) is 0 Å². The summed E-state index contributed by atoms with van der Waals surface area (Å²) < 4.78 is 32.7. The van der Waals surface area contributed by atoms with E-state index in [1.54, 1.807) is 11.8 Å². The number of ether oxygens (including phenoxy) is 1. The molecule has 33 heavy (non-hydrogen) atoms. The van der Waals surface area contributed by atoms with Crippen LogP contribution in [0.2, 0.25) is 0 Å². The highest BCUT2D eigenvalue weighted by molar-refractivity contribution is 7.89. The summed E-state index contributed by atoms with van der Waals surface area (Å²) in [5.41, 5.74) is -0.527. The van der Waals surface area contributed by atoms with Crippen molar-refractivity contribution in [1.29, 1.82) is 0 Å². The van der Waals surface area contributed by atoms with Gasteiger partial charge in [0.05, 0.1) is 18.2 Å². The van der Waals surface area contributed by atoms with Crippen LogP contribution < -0.4 is 5.32 Å². The summed E-state index contributed by atoms with van der Waals surface area (Å²) in [6.45, 7) is 8.33. The highest BCUT2D eigenvalue weighted by atomic mass is 32.2. The van der Waals surface area contributed by atoms with Gasteiger partial charge in [0.2, 0.25) is 15.9 Å². The van der Waals surface area contributed by atoms with E-state index in [9.17, 15) is 22.8 Å². The summed E-state index contributed by atoms with van der Waals surface area (Å²) in [5, 5.41) is 10.8. The second-order valence-corrected chi connectivity index (χ2v) is 12.4. The van der Waals surface area contributed by atoms with Crippen LogP contribution in [0.5, 0.6) is 0 Å². The van der Waals surface area contributed by atoms with Gasteiger partial charge in [-0.25, -0.2) is 13.2 Å². The third-order valence-electron chi connectivity index (χ3n) is 6.09. The maximum absolute atomic E-state index is 13.0. The fraction of sp³-hybridized carbons (Fsp3) is 0.864. The van der Waals surface area contributed by atoms with E-state index < -0.39 is 38.8 Å². The zero-order valence-electron chi connectivity index (χ0n) is 20.2. The van der Waals surface area contributed by atoms with E-state index in [1.807, 2.05) is 20.8 Å². The molecular weight excluding hydrogens is 450 g/mol. The number of carbonyl (C=O) groups excluding carboxylic acids is 2. The number of nitrogens with zero attached hydrogens (tertiary/aromatic N) is 2. The van der Waals surface area contributed by atoms with E-state index in [0.717, 1.165) is 19.3 Å². The number of aliphatic carboxylic acids is 1. The number of hydrogen-bond acceptors (Lipinski definition) is 6. The Bertz CT molecular complexity index is 801. The highest BCUT2D eigenvalue weighted by Crippen LogP contribution is 2.29. The lowest BCUT2D eigenvalue weighted by Gasteiger charge is -2.35. The fourth-order valence-corrected chi connectivity index (χ4v) is 6.39. The number of rotatable bonds is 8. The third kappa shape index (κ3) is 8.77. The fourth-order valence-electron chi connectivity index (χ4n) is 4.39. The van der Waals surface area contributed by atoms with Gasteiger partial charge in [-0.1, -0.05) is 0 Å². The summed E-state index contributed by atoms with van der Waals surface area (Å²) in [5.74, 6) is -1.15. The zero-order chi connectivity index (χ0) is 24.8.